The Morgan fingerprint density at radius 1 is 1.00 bits per heavy atom. The summed E-state index contributed by atoms with van der Waals surface area (Å²) in [5, 5.41) is 0. The molecule has 1 rings (SSSR count). The van der Waals surface area contributed by atoms with Crippen molar-refractivity contribution in [1.29, 1.82) is 0 Å². The van der Waals surface area contributed by atoms with Crippen LogP contribution >= 0.6 is 0 Å². The van der Waals surface area contributed by atoms with Gasteiger partial charge in [-0.3, -0.25) is 0 Å². The molecule has 4 heteroatoms. The van der Waals surface area contributed by atoms with Gasteiger partial charge in [0.05, 0.1) is 4.90 Å². The van der Waals surface area contributed by atoms with Crippen molar-refractivity contribution in [3.8, 4) is 0 Å². The first-order chi connectivity index (χ1) is 9.20. The Hall–Kier alpha value is -0.870. The van der Waals surface area contributed by atoms with E-state index in [0.29, 0.717) is 23.4 Å². The van der Waals surface area contributed by atoms with Gasteiger partial charge in [0.1, 0.15) is 0 Å². The van der Waals surface area contributed by atoms with Gasteiger partial charge >= 0.3 is 0 Å². The second-order valence-corrected chi connectivity index (χ2v) is 8.23. The zero-order valence-electron chi connectivity index (χ0n) is 13.3. The predicted molar refractivity (Wildman–Crippen MR) is 84.3 cm³/mol. The summed E-state index contributed by atoms with van der Waals surface area (Å²) in [5.41, 5.74) is 1.49. The molecule has 0 radical (unpaired) electrons. The molecule has 3 nitrogen and oxygen atoms in total. The summed E-state index contributed by atoms with van der Waals surface area (Å²) in [4.78, 5) is 0.390. The summed E-state index contributed by atoms with van der Waals surface area (Å²) in [6.45, 7) is 11.4. The van der Waals surface area contributed by atoms with Crippen LogP contribution in [-0.2, 0) is 16.4 Å². The second kappa shape index (κ2) is 6.72. The van der Waals surface area contributed by atoms with Crippen LogP contribution in [0.2, 0.25) is 0 Å². The fourth-order valence-electron chi connectivity index (χ4n) is 2.06. The van der Waals surface area contributed by atoms with Crippen LogP contribution in [0.25, 0.3) is 0 Å². The van der Waals surface area contributed by atoms with Crippen LogP contribution in [0, 0.1) is 5.41 Å². The van der Waals surface area contributed by atoms with Crippen molar-refractivity contribution < 1.29 is 8.42 Å². The zero-order valence-corrected chi connectivity index (χ0v) is 14.1. The van der Waals surface area contributed by atoms with Crippen molar-refractivity contribution >= 4 is 10.0 Å². The molecule has 0 fully saturated rings. The van der Waals surface area contributed by atoms with Gasteiger partial charge in [-0.05, 0) is 36.0 Å². The summed E-state index contributed by atoms with van der Waals surface area (Å²) in [6.07, 6.45) is 2.07. The summed E-state index contributed by atoms with van der Waals surface area (Å²) in [5.74, 6) is 0. The molecule has 0 aliphatic carbocycles. The first-order valence-corrected chi connectivity index (χ1v) is 8.74. The average molecular weight is 297 g/mol. The van der Waals surface area contributed by atoms with Crippen molar-refractivity contribution in [2.75, 3.05) is 13.1 Å². The van der Waals surface area contributed by atoms with Crippen LogP contribution in [0.4, 0.5) is 0 Å². The maximum absolute atomic E-state index is 12.3. The van der Waals surface area contributed by atoms with E-state index >= 15 is 0 Å². The molecule has 0 bridgehead atoms. The number of benzene rings is 1. The molecular formula is C16H27NO2S. The van der Waals surface area contributed by atoms with E-state index in [1.165, 1.54) is 9.87 Å². The summed E-state index contributed by atoms with van der Waals surface area (Å²) in [6, 6.07) is 7.32. The lowest BCUT2D eigenvalue weighted by Gasteiger charge is -2.19. The first kappa shape index (κ1) is 17.2. The van der Waals surface area contributed by atoms with Gasteiger partial charge in [-0.1, -0.05) is 46.8 Å². The van der Waals surface area contributed by atoms with Crippen LogP contribution < -0.4 is 0 Å². The van der Waals surface area contributed by atoms with E-state index in [0.717, 1.165) is 12.8 Å². The Bertz CT molecular complexity index is 508. The van der Waals surface area contributed by atoms with E-state index in [1.807, 2.05) is 26.0 Å². The zero-order chi connectivity index (χ0) is 15.4. The third-order valence-electron chi connectivity index (χ3n) is 3.43. The minimum absolute atomic E-state index is 0.298. The quantitative estimate of drug-likeness (QED) is 0.803. The van der Waals surface area contributed by atoms with Gasteiger partial charge in [-0.2, -0.15) is 4.31 Å². The molecule has 1 aromatic carbocycles. The van der Waals surface area contributed by atoms with Crippen LogP contribution in [0.3, 0.4) is 0 Å². The maximum atomic E-state index is 12.3. The first-order valence-electron chi connectivity index (χ1n) is 7.30. The van der Waals surface area contributed by atoms with Crippen LogP contribution in [0.15, 0.2) is 29.2 Å². The van der Waals surface area contributed by atoms with Crippen LogP contribution in [0.1, 0.15) is 46.6 Å². The molecule has 0 aliphatic heterocycles. The van der Waals surface area contributed by atoms with Gasteiger partial charge < -0.3 is 0 Å². The molecule has 0 amide bonds. The van der Waals surface area contributed by atoms with Crippen molar-refractivity contribution in [3.63, 3.8) is 0 Å². The molecule has 0 atom stereocenters. The van der Waals surface area contributed by atoms with Gasteiger partial charge in [0.2, 0.25) is 10.0 Å². The Kier molecular flexibility index (Phi) is 5.78. The minimum Gasteiger partial charge on any atom is -0.207 e. The third-order valence-corrected chi connectivity index (χ3v) is 5.49. The number of rotatable bonds is 6. The van der Waals surface area contributed by atoms with Crippen molar-refractivity contribution in [2.45, 2.75) is 52.4 Å². The Morgan fingerprint density at radius 2 is 1.50 bits per heavy atom. The molecule has 1 aromatic rings. The fourth-order valence-corrected chi connectivity index (χ4v) is 3.52. The smallest absolute Gasteiger partial charge is 0.207 e. The third kappa shape index (κ3) is 4.60. The number of hydrogen-bond donors (Lipinski definition) is 0. The van der Waals surface area contributed by atoms with Crippen molar-refractivity contribution in [1.82, 2.24) is 4.31 Å². The molecule has 20 heavy (non-hydrogen) atoms. The predicted octanol–water partition coefficient (Wildman–Crippen LogP) is 3.70. The SMILES string of the molecule is CCN(CC)S(=O)(=O)c1ccc(CCC(C)(C)C)cc1. The van der Waals surface area contributed by atoms with Gasteiger partial charge in [-0.15, -0.1) is 0 Å². The average Bonchev–Trinajstić information content (AvgIpc) is 2.37. The van der Waals surface area contributed by atoms with E-state index < -0.39 is 10.0 Å². The molecule has 0 saturated heterocycles. The van der Waals surface area contributed by atoms with Gasteiger partial charge in [-0.25, -0.2) is 8.42 Å². The maximum Gasteiger partial charge on any atom is 0.243 e. The lowest BCUT2D eigenvalue weighted by atomic mass is 9.89. The van der Waals surface area contributed by atoms with Crippen molar-refractivity contribution in [3.05, 3.63) is 29.8 Å². The number of hydrogen-bond acceptors (Lipinski definition) is 2. The Balaban J connectivity index is 2.86. The molecule has 0 N–H and O–H groups in total. The molecule has 0 saturated carbocycles. The Labute approximate surface area is 124 Å². The molecule has 0 aromatic heterocycles. The highest BCUT2D eigenvalue weighted by molar-refractivity contribution is 7.89. The second-order valence-electron chi connectivity index (χ2n) is 6.29. The molecule has 0 spiro atoms. The van der Waals surface area contributed by atoms with E-state index in [1.54, 1.807) is 12.1 Å². The van der Waals surface area contributed by atoms with E-state index in [4.69, 9.17) is 0 Å². The fraction of sp³-hybridized carbons (Fsp3) is 0.625. The highest BCUT2D eigenvalue weighted by Gasteiger charge is 2.21. The summed E-state index contributed by atoms with van der Waals surface area (Å²) < 4.78 is 26.2. The standard InChI is InChI=1S/C16H27NO2S/c1-6-17(7-2)20(18,19)15-10-8-14(9-11-15)12-13-16(3,4)5/h8-11H,6-7,12-13H2,1-5H3. The summed E-state index contributed by atoms with van der Waals surface area (Å²) >= 11 is 0. The number of aryl methyl sites for hydroxylation is 1. The minimum atomic E-state index is -3.33. The van der Waals surface area contributed by atoms with E-state index in [-0.39, 0.29) is 0 Å². The topological polar surface area (TPSA) is 37.4 Å². The van der Waals surface area contributed by atoms with Gasteiger partial charge in [0.15, 0.2) is 0 Å². The normalized spacial score (nSPS) is 12.9. The summed E-state index contributed by atoms with van der Waals surface area (Å²) in [7, 11) is -3.33. The lowest BCUT2D eigenvalue weighted by molar-refractivity contribution is 0.378. The Morgan fingerprint density at radius 3 is 1.90 bits per heavy atom. The van der Waals surface area contributed by atoms with Crippen LogP contribution in [-0.4, -0.2) is 25.8 Å². The highest BCUT2D eigenvalue weighted by atomic mass is 32.2. The number of sulfonamides is 1. The molecule has 0 aliphatic rings. The highest BCUT2D eigenvalue weighted by Crippen LogP contribution is 2.22. The molecular weight excluding hydrogens is 270 g/mol. The van der Waals surface area contributed by atoms with E-state index in [9.17, 15) is 8.42 Å². The largest absolute Gasteiger partial charge is 0.243 e. The molecule has 114 valence electrons. The lowest BCUT2D eigenvalue weighted by Crippen LogP contribution is -2.30. The van der Waals surface area contributed by atoms with Crippen molar-refractivity contribution in [2.24, 2.45) is 5.41 Å². The van der Waals surface area contributed by atoms with Gasteiger partial charge in [0.25, 0.3) is 0 Å². The monoisotopic (exact) mass is 297 g/mol. The molecule has 0 heterocycles. The van der Waals surface area contributed by atoms with Gasteiger partial charge in [0, 0.05) is 13.1 Å². The number of nitrogens with zero attached hydrogens (tertiary/aromatic N) is 1. The molecule has 0 unspecified atom stereocenters. The van der Waals surface area contributed by atoms with Crippen LogP contribution in [0.5, 0.6) is 0 Å². The van der Waals surface area contributed by atoms with E-state index in [2.05, 4.69) is 20.8 Å².